The molecule has 2 heterocycles. The molecule has 1 atom stereocenters. The van der Waals surface area contributed by atoms with Crippen LogP contribution in [-0.4, -0.2) is 66.6 Å². The zero-order valence-electron chi connectivity index (χ0n) is 14.9. The van der Waals surface area contributed by atoms with Gasteiger partial charge in [-0.1, -0.05) is 6.92 Å². The van der Waals surface area contributed by atoms with Crippen molar-refractivity contribution < 1.29 is 9.53 Å². The highest BCUT2D eigenvalue weighted by Crippen LogP contribution is 2.25. The lowest BCUT2D eigenvalue weighted by Gasteiger charge is -2.35. The van der Waals surface area contributed by atoms with Crippen molar-refractivity contribution in [3.8, 4) is 5.75 Å². The number of fused-ring (bicyclic) bond motifs is 1. The average Bonchev–Trinajstić information content (AvgIpc) is 2.99. The summed E-state index contributed by atoms with van der Waals surface area (Å²) in [7, 11) is 0. The third-order valence-electron chi connectivity index (χ3n) is 4.64. The fourth-order valence-electron chi connectivity index (χ4n) is 3.18. The second kappa shape index (κ2) is 8.59. The van der Waals surface area contributed by atoms with E-state index in [0.29, 0.717) is 6.61 Å². The van der Waals surface area contributed by atoms with Crippen LogP contribution in [0, 0.1) is 12.8 Å². The molecule has 3 rings (SSSR count). The second-order valence-electron chi connectivity index (χ2n) is 6.45. The number of nitrogens with zero attached hydrogens (tertiary/aromatic N) is 3. The van der Waals surface area contributed by atoms with Gasteiger partial charge in [0.1, 0.15) is 11.7 Å². The number of aromatic nitrogens is 1. The third-order valence-corrected chi connectivity index (χ3v) is 5.59. The largest absolute Gasteiger partial charge is 0.493 e. The first-order valence-electron chi connectivity index (χ1n) is 8.83. The van der Waals surface area contributed by atoms with Gasteiger partial charge in [0.05, 0.1) is 21.8 Å². The molecule has 1 aliphatic heterocycles. The van der Waals surface area contributed by atoms with Crippen molar-refractivity contribution in [3.05, 3.63) is 29.3 Å². The minimum absolute atomic E-state index is 0.0542. The van der Waals surface area contributed by atoms with E-state index >= 15 is 0 Å². The highest BCUT2D eigenvalue weighted by Gasteiger charge is 2.19. The number of hydrogen-bond donors (Lipinski definition) is 0. The Morgan fingerprint density at radius 2 is 2.08 bits per heavy atom. The molecule has 1 unspecified atom stereocenters. The Morgan fingerprint density at radius 1 is 1.32 bits per heavy atom. The summed E-state index contributed by atoms with van der Waals surface area (Å²) in [5.41, 5.74) is 0.971. The quantitative estimate of drug-likeness (QED) is 0.711. The number of benzene rings is 1. The van der Waals surface area contributed by atoms with Crippen molar-refractivity contribution in [2.75, 3.05) is 45.9 Å². The van der Waals surface area contributed by atoms with Gasteiger partial charge < -0.3 is 14.5 Å². The number of piperazine rings is 1. The van der Waals surface area contributed by atoms with Crippen LogP contribution in [-0.2, 0) is 4.79 Å². The molecule has 1 saturated heterocycles. The van der Waals surface area contributed by atoms with Crippen molar-refractivity contribution in [2.24, 2.45) is 5.92 Å². The summed E-state index contributed by atoms with van der Waals surface area (Å²) in [6.45, 7) is 10.9. The van der Waals surface area contributed by atoms with Crippen molar-refractivity contribution in [1.29, 1.82) is 0 Å². The van der Waals surface area contributed by atoms with E-state index in [1.807, 2.05) is 31.1 Å². The van der Waals surface area contributed by atoms with Crippen LogP contribution < -0.4 is 4.74 Å². The second-order valence-corrected chi connectivity index (χ2v) is 7.69. The molecule has 1 aliphatic rings. The van der Waals surface area contributed by atoms with E-state index in [9.17, 15) is 4.79 Å². The molecule has 5 nitrogen and oxygen atoms in total. The van der Waals surface area contributed by atoms with Gasteiger partial charge in [0.25, 0.3) is 0 Å². The van der Waals surface area contributed by atoms with Crippen LogP contribution in [0.25, 0.3) is 10.2 Å². The summed E-state index contributed by atoms with van der Waals surface area (Å²) < 4.78 is 7.11. The molecule has 1 fully saturated rings. The first-order chi connectivity index (χ1) is 12.2. The molecule has 1 aromatic carbocycles. The number of ether oxygens (including phenoxy) is 1. The molecule has 0 spiro atoms. The summed E-state index contributed by atoms with van der Waals surface area (Å²) in [6.07, 6.45) is 1.59. The SMILES string of the molecule is CCN1CCN(CC(C=C=O)COc2ccc3sc(C)nc3c2)CC1. The molecule has 0 saturated carbocycles. The molecule has 134 valence electrons. The average molecular weight is 359 g/mol. The normalized spacial score (nSPS) is 17.4. The fourth-order valence-corrected chi connectivity index (χ4v) is 3.99. The smallest absolute Gasteiger partial charge is 0.121 e. The number of thiazole rings is 1. The predicted molar refractivity (Wildman–Crippen MR) is 102 cm³/mol. The van der Waals surface area contributed by atoms with E-state index in [0.717, 1.165) is 55.5 Å². The maximum absolute atomic E-state index is 10.9. The predicted octanol–water partition coefficient (Wildman–Crippen LogP) is 2.63. The van der Waals surface area contributed by atoms with E-state index in [4.69, 9.17) is 4.74 Å². The van der Waals surface area contributed by atoms with Gasteiger partial charge in [-0.25, -0.2) is 9.78 Å². The molecular weight excluding hydrogens is 334 g/mol. The van der Waals surface area contributed by atoms with Crippen molar-refractivity contribution >= 4 is 27.5 Å². The Labute approximate surface area is 152 Å². The van der Waals surface area contributed by atoms with E-state index in [1.165, 1.54) is 4.70 Å². The van der Waals surface area contributed by atoms with Crippen molar-refractivity contribution in [3.63, 3.8) is 0 Å². The monoisotopic (exact) mass is 359 g/mol. The van der Waals surface area contributed by atoms with Crippen LogP contribution in [0.2, 0.25) is 0 Å². The molecule has 0 amide bonds. The van der Waals surface area contributed by atoms with Gasteiger partial charge in [0.2, 0.25) is 0 Å². The minimum Gasteiger partial charge on any atom is -0.493 e. The van der Waals surface area contributed by atoms with Gasteiger partial charge >= 0.3 is 0 Å². The lowest BCUT2D eigenvalue weighted by atomic mass is 10.1. The van der Waals surface area contributed by atoms with Gasteiger partial charge in [-0.05, 0) is 25.6 Å². The van der Waals surface area contributed by atoms with Gasteiger partial charge in [0.15, 0.2) is 0 Å². The summed E-state index contributed by atoms with van der Waals surface area (Å²) in [5.74, 6) is 2.80. The molecule has 6 heteroatoms. The van der Waals surface area contributed by atoms with Crippen LogP contribution in [0.1, 0.15) is 11.9 Å². The molecule has 0 N–H and O–H groups in total. The van der Waals surface area contributed by atoms with Gasteiger partial charge in [-0.2, -0.15) is 0 Å². The first kappa shape index (κ1) is 18.1. The molecular formula is C19H25N3O2S. The summed E-state index contributed by atoms with van der Waals surface area (Å²) >= 11 is 1.68. The first-order valence-corrected chi connectivity index (χ1v) is 9.65. The van der Waals surface area contributed by atoms with Gasteiger partial charge in [-0.3, -0.25) is 0 Å². The van der Waals surface area contributed by atoms with Crippen LogP contribution >= 0.6 is 11.3 Å². The Hall–Kier alpha value is -1.72. The molecule has 1 aromatic heterocycles. The highest BCUT2D eigenvalue weighted by atomic mass is 32.1. The van der Waals surface area contributed by atoms with Crippen LogP contribution in [0.3, 0.4) is 0 Å². The topological polar surface area (TPSA) is 45.7 Å². The molecule has 25 heavy (non-hydrogen) atoms. The minimum atomic E-state index is 0.0542. The summed E-state index contributed by atoms with van der Waals surface area (Å²) in [4.78, 5) is 20.2. The van der Waals surface area contributed by atoms with Gasteiger partial charge in [0, 0.05) is 50.8 Å². The Morgan fingerprint density at radius 3 is 2.80 bits per heavy atom. The Bertz CT molecular complexity index is 746. The lowest BCUT2D eigenvalue weighted by molar-refractivity contribution is 0.118. The Balaban J connectivity index is 1.56. The van der Waals surface area contributed by atoms with Gasteiger partial charge in [-0.15, -0.1) is 11.3 Å². The van der Waals surface area contributed by atoms with Crippen LogP contribution in [0.5, 0.6) is 5.75 Å². The fraction of sp³-hybridized carbons (Fsp3) is 0.526. The maximum Gasteiger partial charge on any atom is 0.121 e. The highest BCUT2D eigenvalue weighted by molar-refractivity contribution is 7.18. The molecule has 2 aromatic rings. The number of hydrogen-bond acceptors (Lipinski definition) is 6. The molecule has 0 aliphatic carbocycles. The maximum atomic E-state index is 10.9. The van der Waals surface area contributed by atoms with E-state index in [2.05, 4.69) is 21.7 Å². The van der Waals surface area contributed by atoms with Crippen molar-refractivity contribution in [1.82, 2.24) is 14.8 Å². The molecule has 0 bridgehead atoms. The zero-order valence-corrected chi connectivity index (χ0v) is 15.7. The number of rotatable bonds is 7. The third kappa shape index (κ3) is 4.89. The van der Waals surface area contributed by atoms with Crippen LogP contribution in [0.15, 0.2) is 24.3 Å². The van der Waals surface area contributed by atoms with E-state index in [-0.39, 0.29) is 5.92 Å². The van der Waals surface area contributed by atoms with E-state index in [1.54, 1.807) is 17.4 Å². The lowest BCUT2D eigenvalue weighted by Crippen LogP contribution is -2.47. The Kier molecular flexibility index (Phi) is 6.21. The molecule has 0 radical (unpaired) electrons. The standard InChI is InChI=1S/C19H25N3O2S/c1-3-21-7-9-22(10-8-21)13-16(6-11-23)14-24-17-4-5-19-18(12-17)20-15(2)25-19/h4-6,12,16H,3,7-10,13-14H2,1-2H3. The zero-order chi connectivity index (χ0) is 17.6. The number of carbonyl (C=O) groups excluding carboxylic acids is 1. The van der Waals surface area contributed by atoms with Crippen LogP contribution in [0.4, 0.5) is 0 Å². The number of aryl methyl sites for hydroxylation is 1. The van der Waals surface area contributed by atoms with E-state index < -0.39 is 0 Å². The summed E-state index contributed by atoms with van der Waals surface area (Å²) in [5, 5.41) is 1.06. The number of likely N-dealkylation sites (N-methyl/N-ethyl adjacent to an activating group) is 1. The summed E-state index contributed by atoms with van der Waals surface area (Å²) in [6, 6.07) is 5.99. The van der Waals surface area contributed by atoms with Crippen molar-refractivity contribution in [2.45, 2.75) is 13.8 Å².